The third-order valence-electron chi connectivity index (χ3n) is 5.44. The monoisotopic (exact) mass is 474 g/mol. The molecule has 2 aromatic carbocycles. The van der Waals surface area contributed by atoms with E-state index in [0.717, 1.165) is 47.3 Å². The van der Waals surface area contributed by atoms with Crippen molar-refractivity contribution in [3.05, 3.63) is 70.1 Å². The summed E-state index contributed by atoms with van der Waals surface area (Å²) in [6, 6.07) is 16.0. The molecule has 8 heteroatoms. The number of hydrogen-bond acceptors (Lipinski definition) is 7. The molecule has 0 spiro atoms. The fourth-order valence-electron chi connectivity index (χ4n) is 3.83. The number of thiophene rings is 1. The zero-order valence-corrected chi connectivity index (χ0v) is 19.4. The first-order valence-electron chi connectivity index (χ1n) is 10.8. The number of nitrogens with one attached hydrogen (secondary N) is 1. The van der Waals surface area contributed by atoms with E-state index in [4.69, 9.17) is 9.47 Å². The highest BCUT2D eigenvalue weighted by molar-refractivity contribution is 7.16. The molecule has 1 N–H and O–H groups in total. The number of hydrogen-bond donors (Lipinski definition) is 1. The van der Waals surface area contributed by atoms with E-state index in [1.54, 1.807) is 36.4 Å². The highest BCUT2D eigenvalue weighted by Crippen LogP contribution is 2.37. The number of nitriles is 1. The molecule has 7 nitrogen and oxygen atoms in total. The van der Waals surface area contributed by atoms with Crippen LogP contribution in [0, 0.1) is 11.3 Å². The molecule has 0 radical (unpaired) electrons. The van der Waals surface area contributed by atoms with Gasteiger partial charge in [-0.3, -0.25) is 9.59 Å². The summed E-state index contributed by atoms with van der Waals surface area (Å²) in [6.45, 7) is 0.902. The van der Waals surface area contributed by atoms with Crippen molar-refractivity contribution in [1.29, 1.82) is 5.26 Å². The number of fused-ring (bicyclic) bond motifs is 1. The van der Waals surface area contributed by atoms with Crippen LogP contribution in [0.1, 0.15) is 46.1 Å². The Morgan fingerprint density at radius 1 is 1.00 bits per heavy atom. The van der Waals surface area contributed by atoms with Crippen LogP contribution < -0.4 is 10.1 Å². The van der Waals surface area contributed by atoms with E-state index < -0.39 is 18.5 Å². The van der Waals surface area contributed by atoms with Crippen molar-refractivity contribution in [2.24, 2.45) is 0 Å². The quantitative estimate of drug-likeness (QED) is 0.403. The molecule has 4 rings (SSSR count). The van der Waals surface area contributed by atoms with E-state index in [2.05, 4.69) is 11.4 Å². The molecule has 0 saturated heterocycles. The van der Waals surface area contributed by atoms with Gasteiger partial charge in [-0.2, -0.15) is 5.26 Å². The Hall–Kier alpha value is -3.96. The summed E-state index contributed by atoms with van der Waals surface area (Å²) in [6.07, 6.45) is 3.90. The Morgan fingerprint density at radius 2 is 1.65 bits per heavy atom. The van der Waals surface area contributed by atoms with Gasteiger partial charge in [-0.25, -0.2) is 4.79 Å². The number of ether oxygens (including phenoxy) is 2. The molecule has 1 amide bonds. The van der Waals surface area contributed by atoms with Gasteiger partial charge in [0.15, 0.2) is 6.61 Å². The van der Waals surface area contributed by atoms with Crippen molar-refractivity contribution in [2.75, 3.05) is 11.9 Å². The van der Waals surface area contributed by atoms with Crippen LogP contribution >= 0.6 is 11.3 Å². The fraction of sp³-hybridized carbons (Fsp3) is 0.231. The molecule has 0 atom stereocenters. The second kappa shape index (κ2) is 10.3. The Balaban J connectivity index is 1.33. The minimum atomic E-state index is -0.613. The number of esters is 2. The minimum absolute atomic E-state index is 0.317. The molecule has 1 aliphatic carbocycles. The molecule has 1 aliphatic rings. The molecule has 172 valence electrons. The Bertz CT molecular complexity index is 1270. The van der Waals surface area contributed by atoms with Gasteiger partial charge in [0, 0.05) is 11.8 Å². The van der Waals surface area contributed by atoms with Gasteiger partial charge in [0.1, 0.15) is 16.8 Å². The smallest absolute Gasteiger partial charge is 0.338 e. The van der Waals surface area contributed by atoms with Gasteiger partial charge in [-0.15, -0.1) is 11.3 Å². The number of benzene rings is 2. The minimum Gasteiger partial charge on any atom is -0.452 e. The van der Waals surface area contributed by atoms with Crippen LogP contribution in [-0.4, -0.2) is 24.5 Å². The molecule has 34 heavy (non-hydrogen) atoms. The van der Waals surface area contributed by atoms with E-state index >= 15 is 0 Å². The zero-order valence-electron chi connectivity index (χ0n) is 18.6. The first-order chi connectivity index (χ1) is 16.4. The fourth-order valence-corrected chi connectivity index (χ4v) is 5.09. The van der Waals surface area contributed by atoms with Crippen LogP contribution in [0.25, 0.3) is 11.1 Å². The van der Waals surface area contributed by atoms with Crippen LogP contribution in [0.5, 0.6) is 5.75 Å². The molecule has 0 bridgehead atoms. The van der Waals surface area contributed by atoms with Crippen molar-refractivity contribution < 1.29 is 23.9 Å². The maximum absolute atomic E-state index is 12.4. The van der Waals surface area contributed by atoms with Crippen molar-refractivity contribution >= 4 is 34.2 Å². The highest BCUT2D eigenvalue weighted by Gasteiger charge is 2.22. The maximum Gasteiger partial charge on any atom is 0.338 e. The normalized spacial score (nSPS) is 12.2. The van der Waals surface area contributed by atoms with Crippen molar-refractivity contribution in [1.82, 2.24) is 0 Å². The first kappa shape index (κ1) is 23.2. The number of carbonyl (C=O) groups excluding carboxylic acids is 3. The molecule has 1 heterocycles. The lowest BCUT2D eigenvalue weighted by atomic mass is 9.96. The second-order valence-electron chi connectivity index (χ2n) is 7.85. The van der Waals surface area contributed by atoms with Crippen molar-refractivity contribution in [2.45, 2.75) is 32.6 Å². The second-order valence-corrected chi connectivity index (χ2v) is 8.95. The number of anilines is 1. The van der Waals surface area contributed by atoms with Crippen LogP contribution in [-0.2, 0) is 27.2 Å². The molecular formula is C26H22N2O5S. The van der Waals surface area contributed by atoms with E-state index in [1.165, 1.54) is 18.3 Å². The van der Waals surface area contributed by atoms with Gasteiger partial charge in [0.25, 0.3) is 5.91 Å². The standard InChI is InChI=1S/C26H22N2O5S/c1-16(29)33-20-12-10-18(11-13-20)17-6-8-19(9-7-17)26(31)32-15-24(30)28-25-22(14-27)21-4-2-3-5-23(21)34-25/h6-13H,2-5,15H2,1H3,(H,28,30). The number of carbonyl (C=O) groups is 3. The predicted octanol–water partition coefficient (Wildman–Crippen LogP) is 4.89. The maximum atomic E-state index is 12.4. The summed E-state index contributed by atoms with van der Waals surface area (Å²) in [5.41, 5.74) is 3.64. The number of aryl methyl sites for hydroxylation is 1. The Kier molecular flexibility index (Phi) is 7.04. The predicted molar refractivity (Wildman–Crippen MR) is 128 cm³/mol. The summed E-state index contributed by atoms with van der Waals surface area (Å²) in [7, 11) is 0. The summed E-state index contributed by atoms with van der Waals surface area (Å²) >= 11 is 1.43. The lowest BCUT2D eigenvalue weighted by molar-refractivity contribution is -0.131. The van der Waals surface area contributed by atoms with Crippen molar-refractivity contribution in [3.8, 4) is 22.9 Å². The lowest BCUT2D eigenvalue weighted by Crippen LogP contribution is -2.20. The summed E-state index contributed by atoms with van der Waals surface area (Å²) in [5, 5.41) is 12.7. The van der Waals surface area contributed by atoms with Crippen LogP contribution in [0.4, 0.5) is 5.00 Å². The van der Waals surface area contributed by atoms with E-state index in [1.807, 2.05) is 12.1 Å². The van der Waals surface area contributed by atoms with Crippen LogP contribution in [0.2, 0.25) is 0 Å². The van der Waals surface area contributed by atoms with Gasteiger partial charge in [-0.1, -0.05) is 24.3 Å². The SMILES string of the molecule is CC(=O)Oc1ccc(-c2ccc(C(=O)OCC(=O)Nc3sc4c(c3C#N)CCCC4)cc2)cc1. The van der Waals surface area contributed by atoms with Crippen molar-refractivity contribution in [3.63, 3.8) is 0 Å². The lowest BCUT2D eigenvalue weighted by Gasteiger charge is -2.09. The van der Waals surface area contributed by atoms with Gasteiger partial charge < -0.3 is 14.8 Å². The average molecular weight is 475 g/mol. The van der Waals surface area contributed by atoms with Crippen LogP contribution in [0.15, 0.2) is 48.5 Å². The third kappa shape index (κ3) is 5.33. The topological polar surface area (TPSA) is 105 Å². The van der Waals surface area contributed by atoms with E-state index in [-0.39, 0.29) is 5.97 Å². The largest absolute Gasteiger partial charge is 0.452 e. The average Bonchev–Trinajstić information content (AvgIpc) is 3.19. The molecule has 3 aromatic rings. The summed E-state index contributed by atoms with van der Waals surface area (Å²) in [4.78, 5) is 36.9. The molecular weight excluding hydrogens is 452 g/mol. The molecule has 1 aromatic heterocycles. The van der Waals surface area contributed by atoms with Gasteiger partial charge >= 0.3 is 11.9 Å². The third-order valence-corrected chi connectivity index (χ3v) is 6.65. The summed E-state index contributed by atoms with van der Waals surface area (Å²) < 4.78 is 10.2. The van der Waals surface area contributed by atoms with E-state index in [9.17, 15) is 19.6 Å². The first-order valence-corrected chi connectivity index (χ1v) is 11.7. The number of nitrogens with zero attached hydrogens (tertiary/aromatic N) is 1. The molecule has 0 unspecified atom stereocenters. The van der Waals surface area contributed by atoms with E-state index in [0.29, 0.717) is 21.9 Å². The summed E-state index contributed by atoms with van der Waals surface area (Å²) in [5.74, 6) is -1.02. The van der Waals surface area contributed by atoms with Gasteiger partial charge in [0.2, 0.25) is 0 Å². The van der Waals surface area contributed by atoms with Crippen LogP contribution in [0.3, 0.4) is 0 Å². The highest BCUT2D eigenvalue weighted by atomic mass is 32.1. The Labute approximate surface area is 200 Å². The number of rotatable bonds is 6. The zero-order chi connectivity index (χ0) is 24.1. The Morgan fingerprint density at radius 3 is 2.29 bits per heavy atom. The van der Waals surface area contributed by atoms with Gasteiger partial charge in [-0.05, 0) is 66.6 Å². The number of amides is 1. The molecule has 0 aliphatic heterocycles. The van der Waals surface area contributed by atoms with Gasteiger partial charge in [0.05, 0.1) is 11.1 Å². The molecule has 0 saturated carbocycles. The molecule has 0 fully saturated rings.